The molecule has 2 fully saturated rings. The summed E-state index contributed by atoms with van der Waals surface area (Å²) in [5, 5.41) is 0. The smallest absolute Gasteiger partial charge is 0.430 e. The SMILES string of the molecule is C=C1CC(=O)N(c2ccc(OC(F)=C(F)C(F)(F)C(F)(F)C(F)(F)C(F)(F)C(F)(F)C(F)(F)C(F)(F)F)cc2N2C(=O)CC(=C)C2=O)C1=O. The number of halogens is 17. The first-order valence-corrected chi connectivity index (χ1v) is 12.1. The van der Waals surface area contributed by atoms with E-state index in [2.05, 4.69) is 17.9 Å². The van der Waals surface area contributed by atoms with Gasteiger partial charge >= 0.3 is 47.7 Å². The predicted molar refractivity (Wildman–Crippen MR) is 125 cm³/mol. The number of carbonyl (C=O) groups is 4. The average molecular weight is 742 g/mol. The Morgan fingerprint density at radius 1 is 0.592 bits per heavy atom. The molecule has 270 valence electrons. The molecule has 0 aliphatic carbocycles. The van der Waals surface area contributed by atoms with Gasteiger partial charge in [0.1, 0.15) is 5.75 Å². The number of imide groups is 2. The van der Waals surface area contributed by atoms with E-state index in [-0.39, 0.29) is 27.5 Å². The minimum atomic E-state index is -8.77. The van der Waals surface area contributed by atoms with Gasteiger partial charge in [0.15, 0.2) is 0 Å². The highest BCUT2D eigenvalue weighted by atomic mass is 19.4. The molecule has 4 amide bonds. The second-order valence-corrected chi connectivity index (χ2v) is 9.91. The maximum absolute atomic E-state index is 14.4. The fraction of sp³-hybridized carbons (Fsp3) is 0.360. The van der Waals surface area contributed by atoms with Crippen molar-refractivity contribution in [3.8, 4) is 5.75 Å². The molecule has 0 bridgehead atoms. The largest absolute Gasteiger partial charge is 0.460 e. The molecule has 2 aliphatic heterocycles. The molecule has 2 saturated heterocycles. The molecule has 0 N–H and O–H groups in total. The zero-order valence-electron chi connectivity index (χ0n) is 22.9. The summed E-state index contributed by atoms with van der Waals surface area (Å²) in [6.45, 7) is 6.48. The molecule has 2 aliphatic rings. The van der Waals surface area contributed by atoms with Crippen LogP contribution >= 0.6 is 0 Å². The normalized spacial score (nSPS) is 18.2. The van der Waals surface area contributed by atoms with Crippen LogP contribution in [0.1, 0.15) is 12.8 Å². The summed E-state index contributed by atoms with van der Waals surface area (Å²) >= 11 is 0. The number of benzene rings is 1. The van der Waals surface area contributed by atoms with Crippen molar-refractivity contribution in [2.45, 2.75) is 54.6 Å². The quantitative estimate of drug-likeness (QED) is 0.110. The molecule has 0 spiro atoms. The molecular formula is C25H11F17N2O5. The summed E-state index contributed by atoms with van der Waals surface area (Å²) in [5.74, 6) is -61.6. The molecule has 0 saturated carbocycles. The Labute approximate surface area is 258 Å². The highest BCUT2D eigenvalue weighted by molar-refractivity contribution is 6.33. The zero-order chi connectivity index (χ0) is 38.2. The third-order valence-corrected chi connectivity index (χ3v) is 6.65. The third-order valence-electron chi connectivity index (χ3n) is 6.65. The van der Waals surface area contributed by atoms with Crippen molar-refractivity contribution in [2.75, 3.05) is 9.80 Å². The second-order valence-electron chi connectivity index (χ2n) is 9.91. The van der Waals surface area contributed by atoms with Crippen molar-refractivity contribution in [1.29, 1.82) is 0 Å². The molecule has 0 aromatic heterocycles. The van der Waals surface area contributed by atoms with Gasteiger partial charge in [-0.25, -0.2) is 9.80 Å². The van der Waals surface area contributed by atoms with Crippen LogP contribution in [-0.4, -0.2) is 65.3 Å². The molecule has 3 rings (SSSR count). The predicted octanol–water partition coefficient (Wildman–Crippen LogP) is 7.19. The molecule has 0 radical (unpaired) electrons. The van der Waals surface area contributed by atoms with E-state index in [4.69, 9.17) is 0 Å². The molecule has 0 atom stereocenters. The van der Waals surface area contributed by atoms with Crippen molar-refractivity contribution in [3.63, 3.8) is 0 Å². The number of allylic oxidation sites excluding steroid dienone is 1. The van der Waals surface area contributed by atoms with Gasteiger partial charge in [0.2, 0.25) is 17.6 Å². The number of ether oxygens (including phenoxy) is 1. The van der Waals surface area contributed by atoms with Gasteiger partial charge in [-0.2, -0.15) is 74.6 Å². The highest BCUT2D eigenvalue weighted by Crippen LogP contribution is 2.63. The van der Waals surface area contributed by atoms with Crippen LogP contribution in [0.4, 0.5) is 86.0 Å². The van der Waals surface area contributed by atoms with Gasteiger partial charge in [-0.15, -0.1) is 0 Å². The van der Waals surface area contributed by atoms with Crippen molar-refractivity contribution in [1.82, 2.24) is 0 Å². The molecule has 24 heteroatoms. The Kier molecular flexibility index (Phi) is 9.06. The van der Waals surface area contributed by atoms with Gasteiger partial charge in [-0.05, 0) is 12.1 Å². The van der Waals surface area contributed by atoms with Gasteiger partial charge in [-0.3, -0.25) is 19.2 Å². The lowest BCUT2D eigenvalue weighted by Gasteiger charge is -2.41. The van der Waals surface area contributed by atoms with E-state index < -0.39 is 113 Å². The van der Waals surface area contributed by atoms with Crippen molar-refractivity contribution < 1.29 is 98.6 Å². The molecule has 49 heavy (non-hydrogen) atoms. The average Bonchev–Trinajstić information content (AvgIpc) is 3.36. The summed E-state index contributed by atoms with van der Waals surface area (Å²) in [6, 6.07) is -2.95. The summed E-state index contributed by atoms with van der Waals surface area (Å²) in [4.78, 5) is 50.0. The molecule has 1 aromatic rings. The number of hydrogen-bond acceptors (Lipinski definition) is 5. The Bertz CT molecular complexity index is 1700. The van der Waals surface area contributed by atoms with E-state index in [0.29, 0.717) is 6.07 Å². The van der Waals surface area contributed by atoms with Crippen molar-refractivity contribution in [3.05, 3.63) is 54.3 Å². The van der Waals surface area contributed by atoms with Crippen LogP contribution in [0.2, 0.25) is 0 Å². The van der Waals surface area contributed by atoms with Crippen LogP contribution in [0.5, 0.6) is 5.75 Å². The topological polar surface area (TPSA) is 84.0 Å². The van der Waals surface area contributed by atoms with Gasteiger partial charge in [0.05, 0.1) is 24.2 Å². The van der Waals surface area contributed by atoms with E-state index in [9.17, 15) is 93.8 Å². The number of nitrogens with zero attached hydrogens (tertiary/aromatic N) is 2. The minimum Gasteiger partial charge on any atom is -0.430 e. The molecule has 1 aromatic carbocycles. The number of alkyl halides is 15. The van der Waals surface area contributed by atoms with Crippen LogP contribution in [-0.2, 0) is 19.2 Å². The van der Waals surface area contributed by atoms with Crippen LogP contribution < -0.4 is 14.5 Å². The van der Waals surface area contributed by atoms with E-state index in [0.717, 1.165) is 0 Å². The Morgan fingerprint density at radius 3 is 1.37 bits per heavy atom. The maximum Gasteiger partial charge on any atom is 0.460 e. The fourth-order valence-electron chi connectivity index (χ4n) is 4.02. The monoisotopic (exact) mass is 742 g/mol. The summed E-state index contributed by atoms with van der Waals surface area (Å²) in [7, 11) is 0. The third kappa shape index (κ3) is 5.47. The maximum atomic E-state index is 14.4. The number of rotatable bonds is 10. The van der Waals surface area contributed by atoms with Crippen LogP contribution in [0.15, 0.2) is 54.3 Å². The summed E-state index contributed by atoms with van der Waals surface area (Å²) in [6.07, 6.45) is -9.29. The first kappa shape index (κ1) is 38.8. The summed E-state index contributed by atoms with van der Waals surface area (Å²) in [5.41, 5.74) is -2.59. The Hall–Kier alpha value is -4.67. The zero-order valence-corrected chi connectivity index (χ0v) is 22.9. The first-order chi connectivity index (χ1) is 21.8. The number of carbonyl (C=O) groups excluding carboxylic acids is 4. The van der Waals surface area contributed by atoms with Crippen LogP contribution in [0.3, 0.4) is 0 Å². The van der Waals surface area contributed by atoms with Gasteiger partial charge in [-0.1, -0.05) is 13.2 Å². The Morgan fingerprint density at radius 2 is 0.980 bits per heavy atom. The van der Waals surface area contributed by atoms with E-state index in [1.807, 2.05) is 0 Å². The van der Waals surface area contributed by atoms with E-state index in [1.165, 1.54) is 0 Å². The minimum absolute atomic E-state index is 0.104. The fourth-order valence-corrected chi connectivity index (χ4v) is 4.02. The van der Waals surface area contributed by atoms with Gasteiger partial charge in [0.25, 0.3) is 11.8 Å². The standard InChI is InChI=1S/C25H11F17N2O5/c1-8-5-13(45)43(17(8)47)11-4-3-10(7-12(11)44-14(46)6-9(2)18(44)48)49-16(27)15(26)19(28,29)20(30,31)21(32,33)22(34,35)23(36,37)24(38,39)25(40,41)42/h3-4,7H,1-2,5-6H2. The molecule has 7 nitrogen and oxygen atoms in total. The lowest BCUT2D eigenvalue weighted by molar-refractivity contribution is -0.451. The summed E-state index contributed by atoms with van der Waals surface area (Å²) < 4.78 is 234. The van der Waals surface area contributed by atoms with Crippen LogP contribution in [0.25, 0.3) is 0 Å². The lowest BCUT2D eigenvalue weighted by Crippen LogP contribution is -2.72. The van der Waals surface area contributed by atoms with Crippen molar-refractivity contribution in [2.24, 2.45) is 0 Å². The second kappa shape index (κ2) is 11.5. The van der Waals surface area contributed by atoms with E-state index in [1.54, 1.807) is 0 Å². The Balaban J connectivity index is 2.12. The lowest BCUT2D eigenvalue weighted by atomic mass is 9.91. The van der Waals surface area contributed by atoms with Crippen molar-refractivity contribution >= 4 is 35.0 Å². The molecular weight excluding hydrogens is 731 g/mol. The first-order valence-electron chi connectivity index (χ1n) is 12.1. The molecule has 0 unspecified atom stereocenters. The van der Waals surface area contributed by atoms with E-state index >= 15 is 0 Å². The van der Waals surface area contributed by atoms with Crippen LogP contribution in [0, 0.1) is 0 Å². The molecule has 2 heterocycles. The van der Waals surface area contributed by atoms with Gasteiger partial charge < -0.3 is 4.74 Å². The van der Waals surface area contributed by atoms with Gasteiger partial charge in [0, 0.05) is 17.2 Å². The number of anilines is 2. The number of hydrogen-bond donors (Lipinski definition) is 0. The highest BCUT2D eigenvalue weighted by Gasteiger charge is 2.94. The number of amides is 4.